The van der Waals surface area contributed by atoms with E-state index in [-0.39, 0.29) is 35.4 Å². The van der Waals surface area contributed by atoms with E-state index >= 15 is 0 Å². The summed E-state index contributed by atoms with van der Waals surface area (Å²) in [6, 6.07) is 10.5. The van der Waals surface area contributed by atoms with Crippen LogP contribution in [0.25, 0.3) is 0 Å². The Kier molecular flexibility index (Phi) is 6.88. The number of halogens is 2. The maximum atomic E-state index is 14.3. The predicted octanol–water partition coefficient (Wildman–Crippen LogP) is 4.34. The number of amides is 1. The van der Waals surface area contributed by atoms with E-state index in [1.165, 1.54) is 24.3 Å². The normalized spacial score (nSPS) is 15.8. The van der Waals surface area contributed by atoms with Crippen molar-refractivity contribution in [2.75, 3.05) is 18.0 Å². The van der Waals surface area contributed by atoms with Gasteiger partial charge in [-0.1, -0.05) is 25.5 Å². The van der Waals surface area contributed by atoms with E-state index in [1.54, 1.807) is 11.0 Å². The molecule has 0 aromatic heterocycles. The molecule has 0 saturated carbocycles. The van der Waals surface area contributed by atoms with Gasteiger partial charge in [-0.05, 0) is 31.0 Å². The van der Waals surface area contributed by atoms with Crippen molar-refractivity contribution in [1.29, 1.82) is 5.26 Å². The average molecular weight is 413 g/mol. The minimum Gasteiger partial charge on any atom is -0.506 e. The van der Waals surface area contributed by atoms with Gasteiger partial charge in [0.1, 0.15) is 11.8 Å². The topological polar surface area (TPSA) is 67.6 Å². The molecule has 2 aromatic carbocycles. The largest absolute Gasteiger partial charge is 0.506 e. The van der Waals surface area contributed by atoms with E-state index in [9.17, 15) is 18.7 Å². The van der Waals surface area contributed by atoms with Crippen LogP contribution in [0.5, 0.6) is 5.75 Å². The van der Waals surface area contributed by atoms with Crippen molar-refractivity contribution in [3.8, 4) is 11.8 Å². The monoisotopic (exact) mass is 413 g/mol. The fraction of sp³-hybridized carbons (Fsp3) is 0.391. The number of carbonyl (C=O) groups is 1. The first-order valence-corrected chi connectivity index (χ1v) is 10.1. The first-order chi connectivity index (χ1) is 14.4. The number of rotatable bonds is 7. The second-order valence-corrected chi connectivity index (χ2v) is 7.54. The zero-order valence-electron chi connectivity index (χ0n) is 16.9. The SMILES string of the molecule is CCCCC(=O)N1CC[C@H](N(Cc2cccc(F)c2F)c2ccc(C#N)c(O)c2)C1. The molecular formula is C23H25F2N3O2. The van der Waals surface area contributed by atoms with Crippen molar-refractivity contribution in [1.82, 2.24) is 4.90 Å². The van der Waals surface area contributed by atoms with Crippen LogP contribution in [-0.4, -0.2) is 35.0 Å². The summed E-state index contributed by atoms with van der Waals surface area (Å²) < 4.78 is 28.1. The second kappa shape index (κ2) is 9.57. The van der Waals surface area contributed by atoms with Crippen LogP contribution in [0.4, 0.5) is 14.5 Å². The average Bonchev–Trinajstić information content (AvgIpc) is 3.23. The highest BCUT2D eigenvalue weighted by atomic mass is 19.2. The summed E-state index contributed by atoms with van der Waals surface area (Å²) in [5, 5.41) is 19.2. The number of benzene rings is 2. The molecule has 1 N–H and O–H groups in total. The Bertz CT molecular complexity index is 958. The molecule has 0 unspecified atom stereocenters. The molecule has 1 heterocycles. The molecule has 0 radical (unpaired) electrons. The van der Waals surface area contributed by atoms with Crippen molar-refractivity contribution in [2.24, 2.45) is 0 Å². The second-order valence-electron chi connectivity index (χ2n) is 7.54. The number of hydrogen-bond acceptors (Lipinski definition) is 4. The Morgan fingerprint density at radius 3 is 2.83 bits per heavy atom. The first kappa shape index (κ1) is 21.6. The van der Waals surface area contributed by atoms with E-state index in [1.807, 2.05) is 17.9 Å². The highest BCUT2D eigenvalue weighted by Crippen LogP contribution is 2.30. The maximum Gasteiger partial charge on any atom is 0.222 e. The number of nitriles is 1. The summed E-state index contributed by atoms with van der Waals surface area (Å²) >= 11 is 0. The van der Waals surface area contributed by atoms with Crippen molar-refractivity contribution >= 4 is 11.6 Å². The molecule has 158 valence electrons. The highest BCUT2D eigenvalue weighted by Gasteiger charge is 2.31. The first-order valence-electron chi connectivity index (χ1n) is 10.1. The summed E-state index contributed by atoms with van der Waals surface area (Å²) in [6.07, 6.45) is 2.95. The number of aromatic hydroxyl groups is 1. The van der Waals surface area contributed by atoms with Gasteiger partial charge in [-0.3, -0.25) is 4.79 Å². The third kappa shape index (κ3) is 4.70. The van der Waals surface area contributed by atoms with Gasteiger partial charge in [0.2, 0.25) is 5.91 Å². The van der Waals surface area contributed by atoms with Crippen molar-refractivity contribution in [2.45, 2.75) is 45.2 Å². The molecule has 5 nitrogen and oxygen atoms in total. The van der Waals surface area contributed by atoms with E-state index in [0.717, 1.165) is 18.9 Å². The Hall–Kier alpha value is -3.14. The summed E-state index contributed by atoms with van der Waals surface area (Å²) in [6.45, 7) is 3.18. The van der Waals surface area contributed by atoms with E-state index < -0.39 is 11.6 Å². The van der Waals surface area contributed by atoms with E-state index in [0.29, 0.717) is 31.6 Å². The minimum absolute atomic E-state index is 0.0800. The van der Waals surface area contributed by atoms with Crippen LogP contribution < -0.4 is 4.90 Å². The number of anilines is 1. The number of hydrogen-bond donors (Lipinski definition) is 1. The Morgan fingerprint density at radius 2 is 2.13 bits per heavy atom. The number of phenols is 1. The van der Waals surface area contributed by atoms with Gasteiger partial charge in [0.05, 0.1) is 5.56 Å². The highest BCUT2D eigenvalue weighted by molar-refractivity contribution is 5.76. The Morgan fingerprint density at radius 1 is 1.33 bits per heavy atom. The van der Waals surface area contributed by atoms with Gasteiger partial charge in [-0.25, -0.2) is 8.78 Å². The van der Waals surface area contributed by atoms with Crippen LogP contribution >= 0.6 is 0 Å². The number of nitrogens with zero attached hydrogens (tertiary/aromatic N) is 3. The molecule has 0 spiro atoms. The third-order valence-corrected chi connectivity index (χ3v) is 5.51. The van der Waals surface area contributed by atoms with Crippen LogP contribution in [-0.2, 0) is 11.3 Å². The van der Waals surface area contributed by atoms with Gasteiger partial charge in [0.25, 0.3) is 0 Å². The molecule has 2 aromatic rings. The standard InChI is InChI=1S/C23H25F2N3O2/c1-2-3-7-22(30)27-11-10-19(15-27)28(14-17-5-4-6-20(24)23(17)25)18-9-8-16(13-26)21(29)12-18/h4-6,8-9,12,19,29H,2-3,7,10-11,14-15H2,1H3/t19-/m0/s1. The van der Waals surface area contributed by atoms with Gasteiger partial charge < -0.3 is 14.9 Å². The molecule has 1 atom stereocenters. The molecule has 0 aliphatic carbocycles. The lowest BCUT2D eigenvalue weighted by Crippen LogP contribution is -2.39. The Balaban J connectivity index is 1.88. The van der Waals surface area contributed by atoms with E-state index in [4.69, 9.17) is 5.26 Å². The maximum absolute atomic E-state index is 14.3. The van der Waals surface area contributed by atoms with Crippen LogP contribution in [0.1, 0.15) is 43.7 Å². The van der Waals surface area contributed by atoms with E-state index in [2.05, 4.69) is 0 Å². The van der Waals surface area contributed by atoms with Crippen LogP contribution in [0.3, 0.4) is 0 Å². The molecule has 30 heavy (non-hydrogen) atoms. The molecule has 1 fully saturated rings. The predicted molar refractivity (Wildman–Crippen MR) is 110 cm³/mol. The summed E-state index contributed by atoms with van der Waals surface area (Å²) in [5.41, 5.74) is 0.913. The molecule has 0 bridgehead atoms. The van der Waals surface area contributed by atoms with Gasteiger partial charge in [0.15, 0.2) is 11.6 Å². The van der Waals surface area contributed by atoms with Gasteiger partial charge >= 0.3 is 0 Å². The quantitative estimate of drug-likeness (QED) is 0.733. The molecule has 1 saturated heterocycles. The lowest BCUT2D eigenvalue weighted by atomic mass is 10.1. The van der Waals surface area contributed by atoms with Crippen LogP contribution in [0, 0.1) is 23.0 Å². The lowest BCUT2D eigenvalue weighted by molar-refractivity contribution is -0.130. The Labute approximate surface area is 175 Å². The fourth-order valence-electron chi connectivity index (χ4n) is 3.79. The van der Waals surface area contributed by atoms with Crippen LogP contribution in [0.15, 0.2) is 36.4 Å². The van der Waals surface area contributed by atoms with Gasteiger partial charge in [-0.2, -0.15) is 5.26 Å². The van der Waals surface area contributed by atoms with Gasteiger partial charge in [0, 0.05) is 49.4 Å². The molecule has 1 amide bonds. The molecule has 1 aliphatic heterocycles. The van der Waals surface area contributed by atoms with Crippen molar-refractivity contribution in [3.05, 3.63) is 59.2 Å². The third-order valence-electron chi connectivity index (χ3n) is 5.51. The summed E-state index contributed by atoms with van der Waals surface area (Å²) in [5.74, 6) is -1.90. The zero-order chi connectivity index (χ0) is 21.7. The van der Waals surface area contributed by atoms with Crippen molar-refractivity contribution in [3.63, 3.8) is 0 Å². The number of carbonyl (C=O) groups excluding carboxylic acids is 1. The minimum atomic E-state index is -0.919. The molecular weight excluding hydrogens is 388 g/mol. The van der Waals surface area contributed by atoms with Crippen molar-refractivity contribution < 1.29 is 18.7 Å². The number of unbranched alkanes of at least 4 members (excludes halogenated alkanes) is 1. The van der Waals surface area contributed by atoms with Gasteiger partial charge in [-0.15, -0.1) is 0 Å². The van der Waals surface area contributed by atoms with Crippen LogP contribution in [0.2, 0.25) is 0 Å². The smallest absolute Gasteiger partial charge is 0.222 e. The number of phenolic OH excluding ortho intramolecular Hbond substituents is 1. The zero-order valence-corrected chi connectivity index (χ0v) is 16.9. The molecule has 7 heteroatoms. The molecule has 1 aliphatic rings. The summed E-state index contributed by atoms with van der Waals surface area (Å²) in [4.78, 5) is 16.1. The molecule has 3 rings (SSSR count). The number of likely N-dealkylation sites (tertiary alicyclic amines) is 1. The fourth-order valence-corrected chi connectivity index (χ4v) is 3.79. The summed E-state index contributed by atoms with van der Waals surface area (Å²) in [7, 11) is 0. The lowest BCUT2D eigenvalue weighted by Gasteiger charge is -2.32.